The largest absolute Gasteiger partial charge is 0.288 e. The van der Waals surface area contributed by atoms with Gasteiger partial charge in [0, 0.05) is 22.4 Å². The first kappa shape index (κ1) is 19.6. The molecule has 0 unspecified atom stereocenters. The number of nitrogens with zero attached hydrogens (tertiary/aromatic N) is 2. The van der Waals surface area contributed by atoms with E-state index in [1.807, 2.05) is 92.0 Å². The molecule has 0 aliphatic heterocycles. The molecule has 0 aliphatic rings. The number of hydrogen-bond donors (Lipinski definition) is 0. The predicted octanol–water partition coefficient (Wildman–Crippen LogP) is 6.57. The van der Waals surface area contributed by atoms with Gasteiger partial charge in [-0.2, -0.15) is 0 Å². The highest BCUT2D eigenvalue weighted by molar-refractivity contribution is 6.30. The molecule has 0 spiro atoms. The van der Waals surface area contributed by atoms with Gasteiger partial charge in [-0.3, -0.25) is 4.99 Å². The van der Waals surface area contributed by atoms with Crippen molar-refractivity contribution in [1.29, 1.82) is 0 Å². The average Bonchev–Trinajstić information content (AvgIpc) is 2.75. The third kappa shape index (κ3) is 5.92. The van der Waals surface area contributed by atoms with Crippen molar-refractivity contribution in [2.45, 2.75) is 6.92 Å². The molecule has 3 rings (SSSR count). The number of benzene rings is 3. The molecule has 3 aromatic rings. The Labute approximate surface area is 171 Å². The van der Waals surface area contributed by atoms with Gasteiger partial charge in [0.05, 0.1) is 12.2 Å². The minimum absolute atomic E-state index is 0.530. The lowest BCUT2D eigenvalue weighted by molar-refractivity contribution is 1.25. The SMILES string of the molecule is CC(=C=N/C(=C/CN=Cc1ccc(Cl)cc1)c1ccccc1)c1ccccc1. The molecule has 0 atom stereocenters. The second-order valence-corrected chi connectivity index (χ2v) is 6.65. The van der Waals surface area contributed by atoms with Crippen LogP contribution in [0.3, 0.4) is 0 Å². The van der Waals surface area contributed by atoms with Gasteiger partial charge in [0.15, 0.2) is 0 Å². The molecule has 0 heterocycles. The van der Waals surface area contributed by atoms with Crippen LogP contribution in [-0.2, 0) is 0 Å². The maximum atomic E-state index is 5.91. The number of aliphatic imine (C=N–C) groups is 2. The summed E-state index contributed by atoms with van der Waals surface area (Å²) in [4.78, 5) is 9.09. The fraction of sp³-hybridized carbons (Fsp3) is 0.0800. The fourth-order valence-corrected chi connectivity index (χ4v) is 2.71. The summed E-state index contributed by atoms with van der Waals surface area (Å²) in [6.45, 7) is 2.54. The highest BCUT2D eigenvalue weighted by Gasteiger charge is 1.98. The summed E-state index contributed by atoms with van der Waals surface area (Å²) >= 11 is 5.91. The van der Waals surface area contributed by atoms with Crippen molar-refractivity contribution >= 4 is 35.0 Å². The standard InChI is InChI=1S/C25H21ClN2/c1-20(22-8-4-2-5-9-22)18-28-25(23-10-6-3-7-11-23)16-17-27-19-21-12-14-24(26)15-13-21/h2-16,19H,17H2,1H3/b25-16+,27-19?. The van der Waals surface area contributed by atoms with E-state index in [-0.39, 0.29) is 0 Å². The molecular formula is C25H21ClN2. The molecule has 0 saturated carbocycles. The molecule has 0 fully saturated rings. The van der Waals surface area contributed by atoms with Gasteiger partial charge in [-0.25, -0.2) is 4.99 Å². The van der Waals surface area contributed by atoms with Crippen molar-refractivity contribution in [1.82, 2.24) is 0 Å². The van der Waals surface area contributed by atoms with E-state index in [4.69, 9.17) is 11.6 Å². The van der Waals surface area contributed by atoms with E-state index in [1.54, 1.807) is 0 Å². The number of rotatable bonds is 6. The van der Waals surface area contributed by atoms with Crippen LogP contribution in [0.2, 0.25) is 5.02 Å². The van der Waals surface area contributed by atoms with Gasteiger partial charge >= 0.3 is 0 Å². The van der Waals surface area contributed by atoms with E-state index in [9.17, 15) is 0 Å². The first-order chi connectivity index (χ1) is 13.7. The van der Waals surface area contributed by atoms with E-state index < -0.39 is 0 Å². The Hall–Kier alpha value is -3.19. The van der Waals surface area contributed by atoms with Crippen LogP contribution in [0.25, 0.3) is 11.3 Å². The molecule has 3 heteroatoms. The summed E-state index contributed by atoms with van der Waals surface area (Å²) in [6.07, 6.45) is 3.84. The summed E-state index contributed by atoms with van der Waals surface area (Å²) in [7, 11) is 0. The lowest BCUT2D eigenvalue weighted by atomic mass is 10.1. The van der Waals surface area contributed by atoms with Crippen LogP contribution in [0.4, 0.5) is 0 Å². The van der Waals surface area contributed by atoms with E-state index in [0.717, 1.165) is 33.0 Å². The average molecular weight is 385 g/mol. The molecule has 0 aliphatic carbocycles. The zero-order chi connectivity index (χ0) is 19.6. The Kier molecular flexibility index (Phi) is 7.14. The molecule has 0 N–H and O–H groups in total. The Morgan fingerprint density at radius 1 is 0.857 bits per heavy atom. The number of allylic oxidation sites excluding steroid dienone is 1. The Morgan fingerprint density at radius 2 is 1.46 bits per heavy atom. The molecule has 2 nitrogen and oxygen atoms in total. The number of hydrogen-bond acceptors (Lipinski definition) is 2. The van der Waals surface area contributed by atoms with Crippen molar-refractivity contribution in [3.05, 3.63) is 113 Å². The summed E-state index contributed by atoms with van der Waals surface area (Å²) in [5.41, 5.74) is 5.01. The molecule has 0 saturated heterocycles. The van der Waals surface area contributed by atoms with Gasteiger partial charge in [0.1, 0.15) is 0 Å². The highest BCUT2D eigenvalue weighted by atomic mass is 35.5. The maximum absolute atomic E-state index is 5.91. The monoisotopic (exact) mass is 384 g/mol. The molecule has 0 bridgehead atoms. The van der Waals surface area contributed by atoms with Gasteiger partial charge in [-0.05, 0) is 42.1 Å². The first-order valence-corrected chi connectivity index (χ1v) is 9.47. The second kappa shape index (κ2) is 10.2. The summed E-state index contributed by atoms with van der Waals surface area (Å²) < 4.78 is 0. The number of halogens is 1. The Morgan fingerprint density at radius 3 is 2.11 bits per heavy atom. The minimum atomic E-state index is 0.530. The quantitative estimate of drug-likeness (QED) is 0.429. The van der Waals surface area contributed by atoms with Gasteiger partial charge in [0.25, 0.3) is 0 Å². The molecule has 0 aromatic heterocycles. The van der Waals surface area contributed by atoms with Crippen LogP contribution in [-0.4, -0.2) is 18.6 Å². The smallest absolute Gasteiger partial charge is 0.0780 e. The maximum Gasteiger partial charge on any atom is 0.0780 e. The molecule has 28 heavy (non-hydrogen) atoms. The zero-order valence-electron chi connectivity index (χ0n) is 15.7. The molecule has 0 radical (unpaired) electrons. The van der Waals surface area contributed by atoms with Crippen molar-refractivity contribution < 1.29 is 0 Å². The Bertz CT molecular complexity index is 1010. The molecule has 138 valence electrons. The predicted molar refractivity (Wildman–Crippen MR) is 121 cm³/mol. The van der Waals surface area contributed by atoms with Gasteiger partial charge in [0.2, 0.25) is 0 Å². The van der Waals surface area contributed by atoms with Gasteiger partial charge in [-0.15, -0.1) is 0 Å². The summed E-state index contributed by atoms with van der Waals surface area (Å²) in [5, 5.41) is 0.721. The lowest BCUT2D eigenvalue weighted by Gasteiger charge is -2.01. The van der Waals surface area contributed by atoms with Crippen LogP contribution >= 0.6 is 11.6 Å². The van der Waals surface area contributed by atoms with Crippen molar-refractivity contribution in [3.63, 3.8) is 0 Å². The van der Waals surface area contributed by atoms with Crippen LogP contribution in [0, 0.1) is 0 Å². The van der Waals surface area contributed by atoms with E-state index in [2.05, 4.69) is 28.0 Å². The first-order valence-electron chi connectivity index (χ1n) is 9.09. The van der Waals surface area contributed by atoms with Crippen molar-refractivity contribution in [2.24, 2.45) is 9.98 Å². The fourth-order valence-electron chi connectivity index (χ4n) is 2.58. The topological polar surface area (TPSA) is 24.7 Å². The summed E-state index contributed by atoms with van der Waals surface area (Å²) in [5.74, 6) is 3.17. The lowest BCUT2D eigenvalue weighted by Crippen LogP contribution is -1.86. The van der Waals surface area contributed by atoms with Crippen LogP contribution in [0.5, 0.6) is 0 Å². The highest BCUT2D eigenvalue weighted by Crippen LogP contribution is 2.16. The van der Waals surface area contributed by atoms with Crippen LogP contribution in [0.15, 0.2) is 101 Å². The third-order valence-electron chi connectivity index (χ3n) is 4.12. The van der Waals surface area contributed by atoms with E-state index in [0.29, 0.717) is 6.54 Å². The molecule has 3 aromatic carbocycles. The van der Waals surface area contributed by atoms with Crippen molar-refractivity contribution in [3.8, 4) is 0 Å². The minimum Gasteiger partial charge on any atom is -0.288 e. The summed E-state index contributed by atoms with van der Waals surface area (Å²) in [6, 6.07) is 27.8. The van der Waals surface area contributed by atoms with Gasteiger partial charge < -0.3 is 0 Å². The normalized spacial score (nSPS) is 11.3. The van der Waals surface area contributed by atoms with Crippen molar-refractivity contribution in [2.75, 3.05) is 6.54 Å². The molecular weight excluding hydrogens is 364 g/mol. The van der Waals surface area contributed by atoms with Crippen LogP contribution < -0.4 is 0 Å². The van der Waals surface area contributed by atoms with E-state index in [1.165, 1.54) is 0 Å². The van der Waals surface area contributed by atoms with E-state index >= 15 is 0 Å². The molecule has 0 amide bonds. The zero-order valence-corrected chi connectivity index (χ0v) is 16.5. The third-order valence-corrected chi connectivity index (χ3v) is 4.37. The van der Waals surface area contributed by atoms with Crippen LogP contribution in [0.1, 0.15) is 23.6 Å². The second-order valence-electron chi connectivity index (χ2n) is 6.22. The van der Waals surface area contributed by atoms with Gasteiger partial charge in [-0.1, -0.05) is 84.4 Å². The Balaban J connectivity index is 1.82.